The third-order valence-electron chi connectivity index (χ3n) is 8.80. The van der Waals surface area contributed by atoms with E-state index < -0.39 is 0 Å². The quantitative estimate of drug-likeness (QED) is 0.0931. The number of ether oxygens (including phenoxy) is 6. The predicted molar refractivity (Wildman–Crippen MR) is 234 cm³/mol. The number of aromatic nitrogens is 5. The zero-order valence-electron chi connectivity index (χ0n) is 33.3. The Hall–Kier alpha value is -8.99. The molecule has 2 aliphatic rings. The van der Waals surface area contributed by atoms with Gasteiger partial charge in [0, 0.05) is 23.9 Å². The van der Waals surface area contributed by atoms with E-state index in [0.717, 1.165) is 11.4 Å². The zero-order chi connectivity index (χ0) is 43.4. The molecule has 9 rings (SSSR count). The van der Waals surface area contributed by atoms with Gasteiger partial charge in [-0.3, -0.25) is 14.5 Å². The van der Waals surface area contributed by atoms with Crippen molar-refractivity contribution >= 4 is 46.5 Å². The molecule has 17 nitrogen and oxygen atoms in total. The van der Waals surface area contributed by atoms with Gasteiger partial charge in [-0.05, 0) is 91.0 Å². The van der Waals surface area contributed by atoms with Crippen molar-refractivity contribution in [3.63, 3.8) is 0 Å². The molecule has 0 bridgehead atoms. The number of benzene rings is 4. The highest BCUT2D eigenvalue weighted by Gasteiger charge is 2.25. The summed E-state index contributed by atoms with van der Waals surface area (Å²) < 4.78 is 34.1. The van der Waals surface area contributed by atoms with E-state index in [1.165, 1.54) is 29.7 Å². The van der Waals surface area contributed by atoms with Crippen LogP contribution in [0.25, 0.3) is 0 Å². The summed E-state index contributed by atoms with van der Waals surface area (Å²) in [5.41, 5.74) is 1.40. The Balaban J connectivity index is 0.000000175. The lowest BCUT2D eigenvalue weighted by Crippen LogP contribution is -2.27. The fraction of sp³-hybridized carbons (Fsp3) is 0.0652. The molecule has 0 unspecified atom stereocenters. The summed E-state index contributed by atoms with van der Waals surface area (Å²) in [6.07, 6.45) is 5.22. The average Bonchev–Trinajstić information content (AvgIpc) is 3.74. The molecule has 3 aromatic heterocycles. The van der Waals surface area contributed by atoms with Crippen molar-refractivity contribution in [3.05, 3.63) is 159 Å². The van der Waals surface area contributed by atoms with Crippen LogP contribution in [0, 0.1) is 0 Å². The number of carbonyl (C=O) groups excluding carboxylic acids is 2. The van der Waals surface area contributed by atoms with Gasteiger partial charge in [-0.15, -0.1) is 0 Å². The van der Waals surface area contributed by atoms with E-state index in [1.807, 2.05) is 54.6 Å². The predicted octanol–water partition coefficient (Wildman–Crippen LogP) is 8.98. The smallest absolute Gasteiger partial charge is 0.253 e. The number of nitrogens with zero attached hydrogens (tertiary/aromatic N) is 6. The number of fused-ring (bicyclic) bond motifs is 2. The van der Waals surface area contributed by atoms with E-state index in [9.17, 15) is 9.59 Å². The molecule has 0 atom stereocenters. The molecular weight excluding hydrogens is 807 g/mol. The Morgan fingerprint density at radius 1 is 0.571 bits per heavy atom. The molecular formula is C46H37N9O8. The topological polar surface area (TPSA) is 193 Å². The van der Waals surface area contributed by atoms with Crippen LogP contribution >= 0.6 is 0 Å². The van der Waals surface area contributed by atoms with Gasteiger partial charge in [0.15, 0.2) is 18.2 Å². The normalized spacial score (nSPS) is 11.9. The second-order valence-electron chi connectivity index (χ2n) is 13.2. The molecule has 0 saturated heterocycles. The highest BCUT2D eigenvalue weighted by molar-refractivity contribution is 6.03. The molecule has 0 fully saturated rings. The Bertz CT molecular complexity index is 2760. The summed E-state index contributed by atoms with van der Waals surface area (Å²) in [6.45, 7) is 8.13. The Morgan fingerprint density at radius 3 is 1.94 bits per heavy atom. The van der Waals surface area contributed by atoms with Crippen molar-refractivity contribution in [1.29, 1.82) is 0 Å². The van der Waals surface area contributed by atoms with E-state index in [1.54, 1.807) is 66.7 Å². The summed E-state index contributed by atoms with van der Waals surface area (Å²) in [4.78, 5) is 46.0. The molecule has 314 valence electrons. The largest absolute Gasteiger partial charge is 0.486 e. The van der Waals surface area contributed by atoms with Gasteiger partial charge in [0.25, 0.3) is 5.91 Å². The highest BCUT2D eigenvalue weighted by atomic mass is 16.6. The molecule has 63 heavy (non-hydrogen) atoms. The number of pyridine rings is 1. The molecule has 5 heterocycles. The SMILES string of the molecule is C=CC(=O)N1COc2ccc(Nc3cc(Oc4ccc(Oc5ccccc5)cc4)ncn3)cc21.C=CC(=O)Nc1cccc(Nc2cc(Oc3ccc4c(c3)OCCO4)ncn2)n1. The molecule has 7 aromatic rings. The van der Waals surface area contributed by atoms with Crippen LogP contribution in [0.3, 0.4) is 0 Å². The minimum atomic E-state index is -0.341. The number of amides is 2. The van der Waals surface area contributed by atoms with E-state index in [2.05, 4.69) is 54.0 Å². The zero-order valence-corrected chi connectivity index (χ0v) is 33.3. The summed E-state index contributed by atoms with van der Waals surface area (Å²) in [5, 5.41) is 8.85. The number of hydrogen-bond acceptors (Lipinski definition) is 15. The van der Waals surface area contributed by atoms with Crippen molar-refractivity contribution < 1.29 is 38.0 Å². The van der Waals surface area contributed by atoms with Gasteiger partial charge in [-0.1, -0.05) is 37.4 Å². The lowest BCUT2D eigenvalue weighted by molar-refractivity contribution is -0.114. The van der Waals surface area contributed by atoms with Gasteiger partial charge in [-0.2, -0.15) is 0 Å². The molecule has 2 aliphatic heterocycles. The van der Waals surface area contributed by atoms with Crippen LogP contribution in [-0.2, 0) is 9.59 Å². The maximum Gasteiger partial charge on any atom is 0.253 e. The fourth-order valence-corrected chi connectivity index (χ4v) is 5.91. The highest BCUT2D eigenvalue weighted by Crippen LogP contribution is 2.38. The first-order chi connectivity index (χ1) is 30.9. The Labute approximate surface area is 360 Å². The average molecular weight is 844 g/mol. The van der Waals surface area contributed by atoms with Crippen LogP contribution in [0.2, 0.25) is 0 Å². The van der Waals surface area contributed by atoms with Gasteiger partial charge in [0.2, 0.25) is 17.7 Å². The van der Waals surface area contributed by atoms with Gasteiger partial charge in [-0.25, -0.2) is 24.9 Å². The number of rotatable bonds is 13. The van der Waals surface area contributed by atoms with Gasteiger partial charge < -0.3 is 44.4 Å². The number of carbonyl (C=O) groups is 2. The lowest BCUT2D eigenvalue weighted by Gasteiger charge is -2.18. The van der Waals surface area contributed by atoms with Crippen molar-refractivity contribution in [2.75, 3.05) is 40.8 Å². The van der Waals surface area contributed by atoms with Crippen LogP contribution in [0.15, 0.2) is 159 Å². The molecule has 4 aromatic carbocycles. The molecule has 2 amide bonds. The second kappa shape index (κ2) is 19.4. The third-order valence-corrected chi connectivity index (χ3v) is 8.80. The summed E-state index contributed by atoms with van der Waals surface area (Å²) in [6, 6.07) is 36.1. The summed E-state index contributed by atoms with van der Waals surface area (Å²) in [5.74, 6) is 6.63. The molecule has 0 saturated carbocycles. The molecule has 0 radical (unpaired) electrons. The Morgan fingerprint density at radius 2 is 1.21 bits per heavy atom. The van der Waals surface area contributed by atoms with Crippen LogP contribution in [0.1, 0.15) is 0 Å². The first kappa shape index (κ1) is 40.8. The first-order valence-corrected chi connectivity index (χ1v) is 19.2. The summed E-state index contributed by atoms with van der Waals surface area (Å²) in [7, 11) is 0. The van der Waals surface area contributed by atoms with E-state index >= 15 is 0 Å². The minimum absolute atomic E-state index is 0.157. The second-order valence-corrected chi connectivity index (χ2v) is 13.2. The maximum absolute atomic E-state index is 12.0. The van der Waals surface area contributed by atoms with Crippen molar-refractivity contribution in [1.82, 2.24) is 24.9 Å². The summed E-state index contributed by atoms with van der Waals surface area (Å²) >= 11 is 0. The van der Waals surface area contributed by atoms with Crippen LogP contribution in [0.5, 0.6) is 52.0 Å². The van der Waals surface area contributed by atoms with E-state index in [0.29, 0.717) is 88.4 Å². The lowest BCUT2D eigenvalue weighted by atomic mass is 10.2. The standard InChI is InChI=1S/C26H20N4O4.C20H17N5O4/c1-2-26(31)30-17-32-23-13-8-18(14-22(23)30)29-24-15-25(28-16-27-24)34-21-11-9-20(10-12-21)33-19-6-4-3-5-7-19;1-2-19(26)25-17-5-3-4-16(23-17)24-18-11-20(22-12-21-18)29-13-6-7-14-15(10-13)28-9-8-27-14/h2-16H,1,17H2,(H,27,28,29);2-7,10-12H,1,8-9H2,(H2,21,22,23,24,25,26). The molecule has 17 heteroatoms. The first-order valence-electron chi connectivity index (χ1n) is 19.2. The van der Waals surface area contributed by atoms with Gasteiger partial charge >= 0.3 is 0 Å². The van der Waals surface area contributed by atoms with Crippen molar-refractivity contribution in [2.45, 2.75) is 0 Å². The van der Waals surface area contributed by atoms with Crippen LogP contribution in [0.4, 0.5) is 34.6 Å². The number of hydrogen-bond donors (Lipinski definition) is 3. The minimum Gasteiger partial charge on any atom is -0.486 e. The molecule has 3 N–H and O–H groups in total. The van der Waals surface area contributed by atoms with Gasteiger partial charge in [0.05, 0.1) is 5.69 Å². The molecule has 0 aliphatic carbocycles. The van der Waals surface area contributed by atoms with E-state index in [4.69, 9.17) is 28.4 Å². The number of para-hydroxylation sites is 1. The van der Waals surface area contributed by atoms with Crippen molar-refractivity contribution in [3.8, 4) is 52.0 Å². The monoisotopic (exact) mass is 843 g/mol. The number of anilines is 6. The third kappa shape index (κ3) is 10.8. The van der Waals surface area contributed by atoms with Crippen molar-refractivity contribution in [2.24, 2.45) is 0 Å². The molecule has 0 spiro atoms. The number of nitrogens with one attached hydrogen (secondary N) is 3. The fourth-order valence-electron chi connectivity index (χ4n) is 5.91. The van der Waals surface area contributed by atoms with Crippen LogP contribution in [-0.4, -0.2) is 56.7 Å². The Kier molecular flexibility index (Phi) is 12.5. The van der Waals surface area contributed by atoms with Crippen LogP contribution < -0.4 is 49.3 Å². The maximum atomic E-state index is 12.0. The van der Waals surface area contributed by atoms with Gasteiger partial charge in [0.1, 0.15) is 77.9 Å². The van der Waals surface area contributed by atoms with E-state index in [-0.39, 0.29) is 18.5 Å².